The van der Waals surface area contributed by atoms with Crippen LogP contribution in [0.5, 0.6) is 0 Å². The number of pyridine rings is 1. The molecular formula is C18H17ClN4O3. The molecule has 0 spiro atoms. The molecule has 134 valence electrons. The smallest absolute Gasteiger partial charge is 0.303 e. The van der Waals surface area contributed by atoms with Crippen LogP contribution in [0.25, 0.3) is 22.6 Å². The number of hydrogen-bond acceptors (Lipinski definition) is 4. The van der Waals surface area contributed by atoms with Crippen LogP contribution in [0.1, 0.15) is 12.8 Å². The molecule has 26 heavy (non-hydrogen) atoms. The number of carbonyl (C=O) groups excluding carboxylic acids is 1. The van der Waals surface area contributed by atoms with E-state index in [1.807, 2.05) is 18.2 Å². The van der Waals surface area contributed by atoms with Gasteiger partial charge in [-0.1, -0.05) is 23.7 Å². The van der Waals surface area contributed by atoms with Gasteiger partial charge in [-0.15, -0.1) is 0 Å². The van der Waals surface area contributed by atoms with Gasteiger partial charge in [0, 0.05) is 29.7 Å². The van der Waals surface area contributed by atoms with E-state index in [-0.39, 0.29) is 18.9 Å². The van der Waals surface area contributed by atoms with Crippen LogP contribution < -0.4 is 5.32 Å². The van der Waals surface area contributed by atoms with Crippen LogP contribution in [-0.4, -0.2) is 38.1 Å². The third kappa shape index (κ3) is 4.18. The molecule has 1 amide bonds. The number of carboxylic acids is 1. The highest BCUT2D eigenvalue weighted by atomic mass is 35.5. The molecule has 8 heteroatoms. The van der Waals surface area contributed by atoms with Crippen LogP contribution in [0.15, 0.2) is 42.6 Å². The van der Waals surface area contributed by atoms with Gasteiger partial charge in [-0.3, -0.25) is 14.2 Å². The fraction of sp³-hybridized carbons (Fsp3) is 0.222. The maximum Gasteiger partial charge on any atom is 0.303 e. The van der Waals surface area contributed by atoms with E-state index < -0.39 is 5.97 Å². The first-order chi connectivity index (χ1) is 12.5. The number of carbonyl (C=O) groups is 2. The normalized spacial score (nSPS) is 10.8. The van der Waals surface area contributed by atoms with E-state index in [0.29, 0.717) is 35.0 Å². The molecule has 2 heterocycles. The number of nitrogens with one attached hydrogen (secondary N) is 1. The zero-order valence-corrected chi connectivity index (χ0v) is 14.6. The quantitative estimate of drug-likeness (QED) is 0.621. The fourth-order valence-corrected chi connectivity index (χ4v) is 2.81. The molecule has 0 fully saturated rings. The van der Waals surface area contributed by atoms with Gasteiger partial charge in [0.1, 0.15) is 17.9 Å². The molecule has 0 saturated heterocycles. The molecule has 0 aliphatic heterocycles. The van der Waals surface area contributed by atoms with E-state index in [1.165, 1.54) is 0 Å². The summed E-state index contributed by atoms with van der Waals surface area (Å²) in [4.78, 5) is 31.7. The number of nitrogens with zero attached hydrogens (tertiary/aromatic N) is 3. The molecule has 0 radical (unpaired) electrons. The number of benzene rings is 1. The van der Waals surface area contributed by atoms with Gasteiger partial charge in [-0.2, -0.15) is 0 Å². The molecule has 3 aromatic rings. The lowest BCUT2D eigenvalue weighted by molar-refractivity contribution is -0.137. The van der Waals surface area contributed by atoms with E-state index in [0.717, 1.165) is 5.56 Å². The number of carboxylic acid groups (broad SMARTS) is 1. The second kappa shape index (κ2) is 7.97. The molecule has 1 aromatic carbocycles. The van der Waals surface area contributed by atoms with Crippen molar-refractivity contribution in [1.29, 1.82) is 0 Å². The van der Waals surface area contributed by atoms with E-state index in [1.54, 1.807) is 29.0 Å². The number of amides is 1. The van der Waals surface area contributed by atoms with E-state index in [2.05, 4.69) is 15.3 Å². The first-order valence-corrected chi connectivity index (χ1v) is 8.48. The summed E-state index contributed by atoms with van der Waals surface area (Å²) >= 11 is 6.08. The summed E-state index contributed by atoms with van der Waals surface area (Å²) in [5.74, 6) is -0.516. The van der Waals surface area contributed by atoms with Crippen molar-refractivity contribution in [1.82, 2.24) is 19.9 Å². The van der Waals surface area contributed by atoms with Gasteiger partial charge in [0.2, 0.25) is 5.91 Å². The van der Waals surface area contributed by atoms with Gasteiger partial charge >= 0.3 is 5.97 Å². The Balaban J connectivity index is 1.85. The maximum atomic E-state index is 12.3. The highest BCUT2D eigenvalue weighted by Crippen LogP contribution is 2.25. The van der Waals surface area contributed by atoms with Crippen molar-refractivity contribution in [3.63, 3.8) is 0 Å². The first-order valence-electron chi connectivity index (χ1n) is 8.10. The third-order valence-corrected chi connectivity index (χ3v) is 4.01. The molecule has 0 aliphatic carbocycles. The Hall–Kier alpha value is -2.93. The Labute approximate surface area is 154 Å². The molecule has 0 saturated carbocycles. The minimum Gasteiger partial charge on any atom is -0.481 e. The zero-order valence-electron chi connectivity index (χ0n) is 13.9. The van der Waals surface area contributed by atoms with Crippen molar-refractivity contribution in [3.05, 3.63) is 47.6 Å². The minimum atomic E-state index is -0.882. The summed E-state index contributed by atoms with van der Waals surface area (Å²) in [6, 6.07) is 10.9. The van der Waals surface area contributed by atoms with Gasteiger partial charge in [-0.25, -0.2) is 9.97 Å². The molecule has 0 atom stereocenters. The number of halogens is 1. The lowest BCUT2D eigenvalue weighted by atomic mass is 10.2. The highest BCUT2D eigenvalue weighted by molar-refractivity contribution is 6.30. The van der Waals surface area contributed by atoms with Crippen molar-refractivity contribution < 1.29 is 14.7 Å². The molecular weight excluding hydrogens is 356 g/mol. The molecule has 2 aromatic heterocycles. The zero-order chi connectivity index (χ0) is 18.5. The van der Waals surface area contributed by atoms with E-state index in [4.69, 9.17) is 16.7 Å². The number of imidazole rings is 1. The topological polar surface area (TPSA) is 97.1 Å². The SMILES string of the molecule is O=C(O)CCCNC(=O)Cn1c(-c2cccc(Cl)c2)nc2cccnc21. The Bertz CT molecular complexity index is 955. The Morgan fingerprint density at radius 2 is 2.08 bits per heavy atom. The summed E-state index contributed by atoms with van der Waals surface area (Å²) in [5, 5.41) is 11.9. The van der Waals surface area contributed by atoms with Crippen LogP contribution in [0.4, 0.5) is 0 Å². The summed E-state index contributed by atoms with van der Waals surface area (Å²) < 4.78 is 1.73. The van der Waals surface area contributed by atoms with Gasteiger partial charge in [0.15, 0.2) is 5.65 Å². The van der Waals surface area contributed by atoms with Gasteiger partial charge in [0.05, 0.1) is 0 Å². The minimum absolute atomic E-state index is 0.0175. The molecule has 0 unspecified atom stereocenters. The average molecular weight is 373 g/mol. The van der Waals surface area contributed by atoms with Gasteiger partial charge < -0.3 is 10.4 Å². The van der Waals surface area contributed by atoms with Gasteiger partial charge in [-0.05, 0) is 30.7 Å². The van der Waals surface area contributed by atoms with Crippen LogP contribution in [-0.2, 0) is 16.1 Å². The molecule has 0 bridgehead atoms. The Morgan fingerprint density at radius 1 is 1.23 bits per heavy atom. The lowest BCUT2D eigenvalue weighted by Crippen LogP contribution is -2.29. The van der Waals surface area contributed by atoms with Crippen molar-refractivity contribution in [2.24, 2.45) is 0 Å². The Kier molecular flexibility index (Phi) is 5.48. The average Bonchev–Trinajstić information content (AvgIpc) is 2.97. The summed E-state index contributed by atoms with van der Waals surface area (Å²) in [7, 11) is 0. The van der Waals surface area contributed by atoms with Gasteiger partial charge in [0.25, 0.3) is 0 Å². The number of rotatable bonds is 7. The van der Waals surface area contributed by atoms with Crippen molar-refractivity contribution in [2.45, 2.75) is 19.4 Å². The molecule has 2 N–H and O–H groups in total. The van der Waals surface area contributed by atoms with Crippen LogP contribution in [0, 0.1) is 0 Å². The highest BCUT2D eigenvalue weighted by Gasteiger charge is 2.16. The number of aliphatic carboxylic acids is 1. The third-order valence-electron chi connectivity index (χ3n) is 3.78. The number of fused-ring (bicyclic) bond motifs is 1. The Morgan fingerprint density at radius 3 is 2.85 bits per heavy atom. The maximum absolute atomic E-state index is 12.3. The molecule has 7 nitrogen and oxygen atoms in total. The molecule has 3 rings (SSSR count). The monoisotopic (exact) mass is 372 g/mol. The second-order valence-corrected chi connectivity index (χ2v) is 6.16. The summed E-state index contributed by atoms with van der Waals surface area (Å²) in [6.07, 6.45) is 2.04. The van der Waals surface area contributed by atoms with E-state index >= 15 is 0 Å². The summed E-state index contributed by atoms with van der Waals surface area (Å²) in [5.41, 5.74) is 2.07. The fourth-order valence-electron chi connectivity index (χ4n) is 2.62. The molecule has 0 aliphatic rings. The summed E-state index contributed by atoms with van der Waals surface area (Å²) in [6.45, 7) is 0.333. The van der Waals surface area contributed by atoms with Crippen molar-refractivity contribution >= 4 is 34.6 Å². The van der Waals surface area contributed by atoms with Crippen LogP contribution >= 0.6 is 11.6 Å². The van der Waals surface area contributed by atoms with E-state index in [9.17, 15) is 9.59 Å². The first kappa shape index (κ1) is 17.9. The predicted octanol–water partition coefficient (Wildman–Crippen LogP) is 2.73. The standard InChI is InChI=1S/C18H17ClN4O3/c19-13-5-1-4-12(10-13)17-22-14-6-2-9-21-18(14)23(17)11-15(24)20-8-3-7-16(25)26/h1-2,4-6,9-10H,3,7-8,11H2,(H,20,24)(H,25,26). The van der Waals surface area contributed by atoms with Crippen LogP contribution in [0.2, 0.25) is 5.02 Å². The lowest BCUT2D eigenvalue weighted by Gasteiger charge is -2.09. The van der Waals surface area contributed by atoms with Crippen molar-refractivity contribution in [2.75, 3.05) is 6.54 Å². The predicted molar refractivity (Wildman–Crippen MR) is 97.9 cm³/mol. The largest absolute Gasteiger partial charge is 0.481 e. The number of aromatic nitrogens is 3. The second-order valence-electron chi connectivity index (χ2n) is 5.73. The number of hydrogen-bond donors (Lipinski definition) is 2. The van der Waals surface area contributed by atoms with Crippen molar-refractivity contribution in [3.8, 4) is 11.4 Å². The van der Waals surface area contributed by atoms with Crippen LogP contribution in [0.3, 0.4) is 0 Å².